The van der Waals surface area contributed by atoms with Gasteiger partial charge in [-0.3, -0.25) is 4.79 Å². The average molecular weight is 351 g/mol. The van der Waals surface area contributed by atoms with E-state index in [1.54, 1.807) is 0 Å². The number of Topliss-reactive ketones (excluding diaryl/α,β-unsaturated/α-hetero) is 1. The highest BCUT2D eigenvalue weighted by molar-refractivity contribution is 8.21. The zero-order valence-corrected chi connectivity index (χ0v) is 15.4. The van der Waals surface area contributed by atoms with Crippen LogP contribution in [0.25, 0.3) is 0 Å². The molecule has 3 rings (SSSR count). The number of ether oxygens (including phenoxy) is 1. The summed E-state index contributed by atoms with van der Waals surface area (Å²) in [5, 5.41) is 0. The summed E-state index contributed by atoms with van der Waals surface area (Å²) in [6.07, 6.45) is 3.71. The molecule has 1 heterocycles. The van der Waals surface area contributed by atoms with Crippen molar-refractivity contribution in [1.29, 1.82) is 0 Å². The molecule has 0 bridgehead atoms. The standard InChI is InChI=1S/C18H22O3S2/c1-10-5-6-13(11(2)17(20)21-4)16(19)15-12(3)18(9-14(10)15)22-7-8-23-18/h6,10,14H,2,5,7-9H2,1,3-4H3/t10-,14+/m0/s1. The smallest absolute Gasteiger partial charge is 0.337 e. The fourth-order valence-electron chi connectivity index (χ4n) is 3.84. The Bertz CT molecular complexity index is 639. The second-order valence-electron chi connectivity index (χ2n) is 6.43. The molecule has 0 aromatic heterocycles. The molecule has 3 aliphatic rings. The number of carbonyl (C=O) groups excluding carboxylic acids is 2. The summed E-state index contributed by atoms with van der Waals surface area (Å²) in [7, 11) is 1.32. The Balaban J connectivity index is 2.04. The van der Waals surface area contributed by atoms with Crippen LogP contribution in [0.1, 0.15) is 26.7 Å². The maximum Gasteiger partial charge on any atom is 0.337 e. The normalized spacial score (nSPS) is 29.3. The van der Waals surface area contributed by atoms with Gasteiger partial charge in [0.15, 0.2) is 5.78 Å². The van der Waals surface area contributed by atoms with E-state index in [2.05, 4.69) is 20.4 Å². The number of hydrogen-bond acceptors (Lipinski definition) is 5. The predicted molar refractivity (Wildman–Crippen MR) is 96.5 cm³/mol. The molecule has 1 spiro atoms. The lowest BCUT2D eigenvalue weighted by atomic mass is 9.85. The number of ketones is 1. The van der Waals surface area contributed by atoms with Gasteiger partial charge >= 0.3 is 5.97 Å². The van der Waals surface area contributed by atoms with Crippen LogP contribution in [0.2, 0.25) is 0 Å². The van der Waals surface area contributed by atoms with E-state index in [-0.39, 0.29) is 21.4 Å². The van der Waals surface area contributed by atoms with E-state index in [1.807, 2.05) is 29.6 Å². The molecule has 0 radical (unpaired) electrons. The molecular formula is C18H22O3S2. The van der Waals surface area contributed by atoms with Crippen LogP contribution in [0.15, 0.2) is 34.9 Å². The lowest BCUT2D eigenvalue weighted by Gasteiger charge is -2.25. The number of hydrogen-bond donors (Lipinski definition) is 0. The molecule has 0 N–H and O–H groups in total. The van der Waals surface area contributed by atoms with Gasteiger partial charge in [-0.25, -0.2) is 4.79 Å². The van der Waals surface area contributed by atoms with Gasteiger partial charge in [-0.2, -0.15) is 0 Å². The van der Waals surface area contributed by atoms with Gasteiger partial charge in [-0.05, 0) is 37.2 Å². The monoisotopic (exact) mass is 350 g/mol. The van der Waals surface area contributed by atoms with E-state index in [4.69, 9.17) is 4.74 Å². The summed E-state index contributed by atoms with van der Waals surface area (Å²) < 4.78 is 4.83. The summed E-state index contributed by atoms with van der Waals surface area (Å²) in [5.41, 5.74) is 2.74. The molecule has 0 unspecified atom stereocenters. The Morgan fingerprint density at radius 3 is 2.65 bits per heavy atom. The number of allylic oxidation sites excluding steroid dienone is 2. The van der Waals surface area contributed by atoms with Gasteiger partial charge in [0.2, 0.25) is 0 Å². The highest BCUT2D eigenvalue weighted by Gasteiger charge is 2.51. The van der Waals surface area contributed by atoms with Gasteiger partial charge in [0.05, 0.1) is 16.8 Å². The Morgan fingerprint density at radius 1 is 1.39 bits per heavy atom. The number of carbonyl (C=O) groups is 2. The second-order valence-corrected chi connectivity index (χ2v) is 9.48. The molecule has 0 aromatic carbocycles. The van der Waals surface area contributed by atoms with Crippen molar-refractivity contribution in [2.24, 2.45) is 11.8 Å². The van der Waals surface area contributed by atoms with Gasteiger partial charge in [0, 0.05) is 22.7 Å². The number of thioether (sulfide) groups is 2. The summed E-state index contributed by atoms with van der Waals surface area (Å²) in [6, 6.07) is 0. The Morgan fingerprint density at radius 2 is 2.04 bits per heavy atom. The minimum atomic E-state index is -0.522. The van der Waals surface area contributed by atoms with Crippen molar-refractivity contribution in [3.63, 3.8) is 0 Å². The van der Waals surface area contributed by atoms with Crippen molar-refractivity contribution in [1.82, 2.24) is 0 Å². The number of fused-ring (bicyclic) bond motifs is 1. The molecule has 2 atom stereocenters. The van der Waals surface area contributed by atoms with Gasteiger partial charge < -0.3 is 4.74 Å². The molecule has 1 fully saturated rings. The van der Waals surface area contributed by atoms with Crippen LogP contribution in [0, 0.1) is 11.8 Å². The van der Waals surface area contributed by atoms with Gasteiger partial charge in [0.1, 0.15) is 0 Å². The van der Waals surface area contributed by atoms with Crippen molar-refractivity contribution < 1.29 is 14.3 Å². The van der Waals surface area contributed by atoms with E-state index in [0.29, 0.717) is 11.5 Å². The van der Waals surface area contributed by atoms with Crippen molar-refractivity contribution >= 4 is 35.3 Å². The minimum Gasteiger partial charge on any atom is -0.465 e. The van der Waals surface area contributed by atoms with Crippen LogP contribution < -0.4 is 0 Å². The largest absolute Gasteiger partial charge is 0.465 e. The van der Waals surface area contributed by atoms with Crippen LogP contribution in [0.4, 0.5) is 0 Å². The molecule has 124 valence electrons. The van der Waals surface area contributed by atoms with Crippen LogP contribution in [0.5, 0.6) is 0 Å². The van der Waals surface area contributed by atoms with E-state index in [0.717, 1.165) is 29.9 Å². The highest BCUT2D eigenvalue weighted by atomic mass is 32.2. The molecule has 5 heteroatoms. The van der Waals surface area contributed by atoms with Crippen molar-refractivity contribution in [3.05, 3.63) is 34.9 Å². The zero-order valence-electron chi connectivity index (χ0n) is 13.8. The maximum atomic E-state index is 13.2. The van der Waals surface area contributed by atoms with Crippen LogP contribution in [0.3, 0.4) is 0 Å². The summed E-state index contributed by atoms with van der Waals surface area (Å²) in [6.45, 7) is 8.11. The maximum absolute atomic E-state index is 13.2. The van der Waals surface area contributed by atoms with Gasteiger partial charge in [-0.15, -0.1) is 23.5 Å². The minimum absolute atomic E-state index is 0.0165. The van der Waals surface area contributed by atoms with Crippen LogP contribution in [-0.2, 0) is 14.3 Å². The number of esters is 1. The molecule has 0 aromatic rings. The lowest BCUT2D eigenvalue weighted by Crippen LogP contribution is -2.19. The molecule has 1 saturated heterocycles. The fourth-order valence-corrected chi connectivity index (χ4v) is 7.25. The van der Waals surface area contributed by atoms with Crippen LogP contribution >= 0.6 is 23.5 Å². The summed E-state index contributed by atoms with van der Waals surface area (Å²) in [5.74, 6) is 2.42. The lowest BCUT2D eigenvalue weighted by molar-refractivity contribution is -0.136. The molecule has 0 saturated carbocycles. The highest BCUT2D eigenvalue weighted by Crippen LogP contribution is 2.60. The third-order valence-corrected chi connectivity index (χ3v) is 8.88. The van der Waals surface area contributed by atoms with E-state index < -0.39 is 5.97 Å². The topological polar surface area (TPSA) is 43.4 Å². The second kappa shape index (κ2) is 6.17. The summed E-state index contributed by atoms with van der Waals surface area (Å²) >= 11 is 3.95. The number of rotatable bonds is 2. The third-order valence-electron chi connectivity index (χ3n) is 5.22. The first-order chi connectivity index (χ1) is 10.9. The van der Waals surface area contributed by atoms with Crippen LogP contribution in [-0.4, -0.2) is 34.4 Å². The van der Waals surface area contributed by atoms with Gasteiger partial charge in [-0.1, -0.05) is 19.6 Å². The third kappa shape index (κ3) is 2.62. The van der Waals surface area contributed by atoms with E-state index in [1.165, 1.54) is 12.7 Å². The first-order valence-electron chi connectivity index (χ1n) is 7.93. The van der Waals surface area contributed by atoms with Gasteiger partial charge in [0.25, 0.3) is 0 Å². The fraction of sp³-hybridized carbons (Fsp3) is 0.556. The number of methoxy groups -OCH3 is 1. The Hall–Kier alpha value is -0.940. The zero-order chi connectivity index (χ0) is 16.8. The molecule has 0 amide bonds. The van der Waals surface area contributed by atoms with E-state index >= 15 is 0 Å². The molecule has 2 aliphatic carbocycles. The average Bonchev–Trinajstić information content (AvgIpc) is 3.09. The Labute approximate surface area is 146 Å². The first-order valence-corrected chi connectivity index (χ1v) is 9.90. The molecule has 3 nitrogen and oxygen atoms in total. The SMILES string of the molecule is C=C(C(=O)OC)C1=CC[C@H](C)[C@H]2CC3(SCCS3)C(C)=C2C1=O. The Kier molecular flexibility index (Phi) is 4.53. The van der Waals surface area contributed by atoms with E-state index in [9.17, 15) is 9.59 Å². The van der Waals surface area contributed by atoms with Crippen molar-refractivity contribution in [3.8, 4) is 0 Å². The predicted octanol–water partition coefficient (Wildman–Crippen LogP) is 3.76. The quantitative estimate of drug-likeness (QED) is 0.560. The molecular weight excluding hydrogens is 328 g/mol. The summed E-state index contributed by atoms with van der Waals surface area (Å²) in [4.78, 5) is 25.0. The van der Waals surface area contributed by atoms with Crippen molar-refractivity contribution in [2.75, 3.05) is 18.6 Å². The molecule has 23 heavy (non-hydrogen) atoms. The first kappa shape index (κ1) is 16.9. The van der Waals surface area contributed by atoms with Crippen molar-refractivity contribution in [2.45, 2.75) is 30.8 Å². The molecule has 1 aliphatic heterocycles.